The van der Waals surface area contributed by atoms with Gasteiger partial charge in [0.25, 0.3) is 0 Å². The highest BCUT2D eigenvalue weighted by atomic mass is 16.3. The molecule has 138 valence electrons. The maximum Gasteiger partial charge on any atom is 0.227 e. The Morgan fingerprint density at radius 2 is 1.96 bits per heavy atom. The van der Waals surface area contributed by atoms with E-state index in [0.717, 1.165) is 35.5 Å². The highest BCUT2D eigenvalue weighted by Crippen LogP contribution is 2.31. The lowest BCUT2D eigenvalue weighted by atomic mass is 10.1. The van der Waals surface area contributed by atoms with E-state index in [4.69, 9.17) is 4.42 Å². The van der Waals surface area contributed by atoms with Gasteiger partial charge in [-0.1, -0.05) is 0 Å². The van der Waals surface area contributed by atoms with Crippen molar-refractivity contribution in [2.45, 2.75) is 32.9 Å². The minimum Gasteiger partial charge on any atom is -0.467 e. The second-order valence-electron chi connectivity index (χ2n) is 6.96. The van der Waals surface area contributed by atoms with Gasteiger partial charge in [-0.2, -0.15) is 0 Å². The van der Waals surface area contributed by atoms with Crippen LogP contribution >= 0.6 is 0 Å². The molecule has 2 aromatic rings. The van der Waals surface area contributed by atoms with E-state index in [1.54, 1.807) is 18.1 Å². The fourth-order valence-electron chi connectivity index (χ4n) is 2.89. The molecular weight excluding hydrogens is 330 g/mol. The predicted octanol–water partition coefficient (Wildman–Crippen LogP) is 3.24. The number of anilines is 2. The third kappa shape index (κ3) is 4.45. The molecule has 6 nitrogen and oxygen atoms in total. The number of benzene rings is 1. The summed E-state index contributed by atoms with van der Waals surface area (Å²) in [6.45, 7) is 2.40. The number of furan rings is 1. The zero-order chi connectivity index (χ0) is 18.7. The van der Waals surface area contributed by atoms with E-state index in [2.05, 4.69) is 5.32 Å². The first-order chi connectivity index (χ1) is 12.4. The van der Waals surface area contributed by atoms with Gasteiger partial charge in [0, 0.05) is 44.9 Å². The second kappa shape index (κ2) is 7.64. The largest absolute Gasteiger partial charge is 0.467 e. The number of nitrogens with one attached hydrogen (secondary N) is 1. The number of carbonyl (C=O) groups is 2. The van der Waals surface area contributed by atoms with E-state index in [-0.39, 0.29) is 17.7 Å². The molecule has 1 aliphatic carbocycles. The van der Waals surface area contributed by atoms with Gasteiger partial charge >= 0.3 is 0 Å². The standard InChI is InChI=1S/C20H25N3O3/c1-14(24)23(13-18-5-4-10-26-18)12-16-11-17(8-9-19(16)22(2)3)21-20(25)15-6-7-15/h4-5,8-11,15H,6-7,12-13H2,1-3H3,(H,21,25). The molecule has 26 heavy (non-hydrogen) atoms. The molecular formula is C20H25N3O3. The van der Waals surface area contributed by atoms with Gasteiger partial charge < -0.3 is 19.5 Å². The van der Waals surface area contributed by atoms with Crippen LogP contribution in [0.2, 0.25) is 0 Å². The summed E-state index contributed by atoms with van der Waals surface area (Å²) >= 11 is 0. The maximum atomic E-state index is 12.1. The first-order valence-corrected chi connectivity index (χ1v) is 8.83. The Balaban J connectivity index is 1.81. The van der Waals surface area contributed by atoms with Crippen molar-refractivity contribution in [1.29, 1.82) is 0 Å². The first kappa shape index (κ1) is 18.0. The fourth-order valence-corrected chi connectivity index (χ4v) is 2.89. The molecule has 3 rings (SSSR count). The number of amides is 2. The summed E-state index contributed by atoms with van der Waals surface area (Å²) in [5, 5.41) is 2.98. The Labute approximate surface area is 153 Å². The number of rotatable bonds is 7. The summed E-state index contributed by atoms with van der Waals surface area (Å²) < 4.78 is 5.38. The molecule has 1 aromatic heterocycles. The van der Waals surface area contributed by atoms with Crippen molar-refractivity contribution in [2.24, 2.45) is 5.92 Å². The SMILES string of the molecule is CC(=O)N(Cc1ccco1)Cc1cc(NC(=O)C2CC2)ccc1N(C)C. The van der Waals surface area contributed by atoms with Gasteiger partial charge in [-0.05, 0) is 48.7 Å². The molecule has 6 heteroatoms. The van der Waals surface area contributed by atoms with Crippen molar-refractivity contribution in [3.05, 3.63) is 47.9 Å². The Bertz CT molecular complexity index is 780. The predicted molar refractivity (Wildman–Crippen MR) is 101 cm³/mol. The topological polar surface area (TPSA) is 65.8 Å². The monoisotopic (exact) mass is 355 g/mol. The van der Waals surface area contributed by atoms with E-state index in [1.165, 1.54) is 0 Å². The van der Waals surface area contributed by atoms with Crippen LogP contribution in [-0.2, 0) is 22.7 Å². The minimum absolute atomic E-state index is 0.0291. The molecule has 0 radical (unpaired) electrons. The molecule has 1 heterocycles. The minimum atomic E-state index is -0.0291. The summed E-state index contributed by atoms with van der Waals surface area (Å²) in [4.78, 5) is 27.9. The number of hydrogen-bond acceptors (Lipinski definition) is 4. The molecule has 1 aliphatic rings. The smallest absolute Gasteiger partial charge is 0.227 e. The Morgan fingerprint density at radius 1 is 1.19 bits per heavy atom. The number of nitrogens with zero attached hydrogens (tertiary/aromatic N) is 2. The zero-order valence-electron chi connectivity index (χ0n) is 15.5. The third-order valence-corrected chi connectivity index (χ3v) is 4.51. The summed E-state index contributed by atoms with van der Waals surface area (Å²) in [6.07, 6.45) is 3.54. The summed E-state index contributed by atoms with van der Waals surface area (Å²) in [5.41, 5.74) is 2.76. The van der Waals surface area contributed by atoms with Crippen LogP contribution in [0.15, 0.2) is 41.0 Å². The van der Waals surface area contributed by atoms with Crippen LogP contribution in [0, 0.1) is 5.92 Å². The van der Waals surface area contributed by atoms with Gasteiger partial charge in [0.2, 0.25) is 11.8 Å². The summed E-state index contributed by atoms with van der Waals surface area (Å²) in [7, 11) is 3.93. The molecule has 0 aliphatic heterocycles. The van der Waals surface area contributed by atoms with Crippen molar-refractivity contribution in [1.82, 2.24) is 4.90 Å². The van der Waals surface area contributed by atoms with Gasteiger partial charge in [0.05, 0.1) is 12.8 Å². The molecule has 0 spiro atoms. The summed E-state index contributed by atoms with van der Waals surface area (Å²) in [5.74, 6) is 0.940. The highest BCUT2D eigenvalue weighted by Gasteiger charge is 2.29. The normalized spacial score (nSPS) is 13.3. The van der Waals surface area contributed by atoms with Crippen LogP contribution in [0.25, 0.3) is 0 Å². The highest BCUT2D eigenvalue weighted by molar-refractivity contribution is 5.94. The third-order valence-electron chi connectivity index (χ3n) is 4.51. The van der Waals surface area contributed by atoms with Crippen LogP contribution < -0.4 is 10.2 Å². The molecule has 0 saturated heterocycles. The number of hydrogen-bond donors (Lipinski definition) is 1. The summed E-state index contributed by atoms with van der Waals surface area (Å²) in [6, 6.07) is 9.50. The molecule has 0 unspecified atom stereocenters. The van der Waals surface area contributed by atoms with E-state index >= 15 is 0 Å². The molecule has 1 N–H and O–H groups in total. The zero-order valence-corrected chi connectivity index (χ0v) is 15.5. The van der Waals surface area contributed by atoms with Crippen LogP contribution in [-0.4, -0.2) is 30.8 Å². The van der Waals surface area contributed by atoms with Gasteiger partial charge in [-0.3, -0.25) is 9.59 Å². The molecule has 2 amide bonds. The van der Waals surface area contributed by atoms with E-state index in [1.807, 2.05) is 49.3 Å². The van der Waals surface area contributed by atoms with Crippen LogP contribution in [0.3, 0.4) is 0 Å². The van der Waals surface area contributed by atoms with Gasteiger partial charge in [0.1, 0.15) is 5.76 Å². The maximum absolute atomic E-state index is 12.1. The van der Waals surface area contributed by atoms with Gasteiger partial charge in [-0.25, -0.2) is 0 Å². The van der Waals surface area contributed by atoms with Crippen molar-refractivity contribution >= 4 is 23.2 Å². The van der Waals surface area contributed by atoms with Crippen molar-refractivity contribution in [3.63, 3.8) is 0 Å². The second-order valence-corrected chi connectivity index (χ2v) is 6.96. The van der Waals surface area contributed by atoms with Gasteiger partial charge in [0.15, 0.2) is 0 Å². The molecule has 1 fully saturated rings. The van der Waals surface area contributed by atoms with Crippen molar-refractivity contribution in [3.8, 4) is 0 Å². The van der Waals surface area contributed by atoms with Crippen LogP contribution in [0.4, 0.5) is 11.4 Å². The molecule has 0 atom stereocenters. The first-order valence-electron chi connectivity index (χ1n) is 8.83. The fraction of sp³-hybridized carbons (Fsp3) is 0.400. The lowest BCUT2D eigenvalue weighted by molar-refractivity contribution is -0.130. The lowest BCUT2D eigenvalue weighted by Crippen LogP contribution is -2.28. The van der Waals surface area contributed by atoms with E-state index < -0.39 is 0 Å². The van der Waals surface area contributed by atoms with Crippen LogP contribution in [0.1, 0.15) is 31.1 Å². The van der Waals surface area contributed by atoms with Crippen molar-refractivity contribution < 1.29 is 14.0 Å². The quantitative estimate of drug-likeness (QED) is 0.828. The van der Waals surface area contributed by atoms with Crippen molar-refractivity contribution in [2.75, 3.05) is 24.3 Å². The van der Waals surface area contributed by atoms with Crippen LogP contribution in [0.5, 0.6) is 0 Å². The Kier molecular flexibility index (Phi) is 5.30. The molecule has 1 aromatic carbocycles. The lowest BCUT2D eigenvalue weighted by Gasteiger charge is -2.25. The number of carbonyl (C=O) groups excluding carboxylic acids is 2. The Morgan fingerprint density at radius 3 is 2.54 bits per heavy atom. The average Bonchev–Trinajstić information content (AvgIpc) is 3.32. The van der Waals surface area contributed by atoms with E-state index in [9.17, 15) is 9.59 Å². The Hall–Kier alpha value is -2.76. The average molecular weight is 355 g/mol. The van der Waals surface area contributed by atoms with E-state index in [0.29, 0.717) is 13.1 Å². The van der Waals surface area contributed by atoms with Gasteiger partial charge in [-0.15, -0.1) is 0 Å². The molecule has 1 saturated carbocycles. The molecule has 0 bridgehead atoms.